The molecule has 0 saturated carbocycles. The highest BCUT2D eigenvalue weighted by Gasteiger charge is 2.37. The van der Waals surface area contributed by atoms with Gasteiger partial charge in [-0.1, -0.05) is 46.8 Å². The first kappa shape index (κ1) is 18.5. The first-order valence-electron chi connectivity index (χ1n) is 10.2. The fraction of sp³-hybridized carbons (Fsp3) is 0.696. The fourth-order valence-corrected chi connectivity index (χ4v) is 4.63. The molecule has 2 nitrogen and oxygen atoms in total. The number of hydrogen-bond acceptors (Lipinski definition) is 1. The summed E-state index contributed by atoms with van der Waals surface area (Å²) in [5.41, 5.74) is 6.40. The second-order valence-corrected chi connectivity index (χ2v) is 9.38. The Balaban J connectivity index is 1.88. The summed E-state index contributed by atoms with van der Waals surface area (Å²) in [6.45, 7) is 13.7. The molecule has 2 aliphatic rings. The van der Waals surface area contributed by atoms with Crippen molar-refractivity contribution in [3.63, 3.8) is 0 Å². The summed E-state index contributed by atoms with van der Waals surface area (Å²) >= 11 is 0. The Kier molecular flexibility index (Phi) is 5.01. The minimum Gasteiger partial charge on any atom is -0.343 e. The fourth-order valence-electron chi connectivity index (χ4n) is 4.63. The maximum atomic E-state index is 12.5. The number of hydrogen-bond donors (Lipinski definition) is 0. The lowest BCUT2D eigenvalue weighted by molar-refractivity contribution is -0.130. The Morgan fingerprint density at radius 3 is 2.00 bits per heavy atom. The van der Waals surface area contributed by atoms with Gasteiger partial charge in [0.05, 0.1) is 0 Å². The molecular formula is C23H35NO. The second-order valence-electron chi connectivity index (χ2n) is 9.38. The highest BCUT2D eigenvalue weighted by atomic mass is 16.2. The molecule has 2 heteroatoms. The maximum absolute atomic E-state index is 12.5. The lowest BCUT2D eigenvalue weighted by Crippen LogP contribution is -2.34. The molecule has 0 radical (unpaired) electrons. The molecule has 1 heterocycles. The van der Waals surface area contributed by atoms with Gasteiger partial charge >= 0.3 is 0 Å². The lowest BCUT2D eigenvalue weighted by Gasteiger charge is -2.42. The summed E-state index contributed by atoms with van der Waals surface area (Å²) in [4.78, 5) is 14.5. The van der Waals surface area contributed by atoms with Crippen LogP contribution in [0.15, 0.2) is 12.1 Å². The molecule has 0 spiro atoms. The van der Waals surface area contributed by atoms with Gasteiger partial charge in [0, 0.05) is 19.5 Å². The van der Waals surface area contributed by atoms with E-state index in [9.17, 15) is 4.79 Å². The van der Waals surface area contributed by atoms with Crippen LogP contribution in [-0.2, 0) is 28.5 Å². The van der Waals surface area contributed by atoms with E-state index in [0.717, 1.165) is 25.9 Å². The van der Waals surface area contributed by atoms with Crippen molar-refractivity contribution in [3.05, 3.63) is 34.4 Å². The molecule has 138 valence electrons. The van der Waals surface area contributed by atoms with Crippen molar-refractivity contribution in [1.82, 2.24) is 4.90 Å². The largest absolute Gasteiger partial charge is 0.343 e. The maximum Gasteiger partial charge on any atom is 0.222 e. The van der Waals surface area contributed by atoms with Crippen LogP contribution in [-0.4, -0.2) is 23.9 Å². The number of likely N-dealkylation sites (tertiary alicyclic amines) is 1. The average molecular weight is 342 g/mol. The quantitative estimate of drug-likeness (QED) is 0.741. The molecule has 3 rings (SSSR count). The molecule has 1 aliphatic heterocycles. The van der Waals surface area contributed by atoms with E-state index in [1.165, 1.54) is 47.9 Å². The summed E-state index contributed by atoms with van der Waals surface area (Å²) in [6, 6.07) is 4.91. The SMILES string of the molecule is CCc1cc2c(cc1CCC(=O)N1CCCC1)C(C)(C)CCC2(C)C. The monoisotopic (exact) mass is 341 g/mol. The van der Waals surface area contributed by atoms with Crippen molar-refractivity contribution < 1.29 is 4.79 Å². The summed E-state index contributed by atoms with van der Waals surface area (Å²) in [6.07, 6.45) is 7.45. The van der Waals surface area contributed by atoms with E-state index in [2.05, 4.69) is 51.7 Å². The number of amides is 1. The molecule has 1 saturated heterocycles. The predicted octanol–water partition coefficient (Wildman–Crippen LogP) is 5.15. The Bertz CT molecular complexity index is 650. The number of carbonyl (C=O) groups excluding carboxylic acids is 1. The van der Waals surface area contributed by atoms with Crippen molar-refractivity contribution in [2.75, 3.05) is 13.1 Å². The van der Waals surface area contributed by atoms with Crippen molar-refractivity contribution in [2.24, 2.45) is 0 Å². The van der Waals surface area contributed by atoms with E-state index in [0.29, 0.717) is 12.3 Å². The Labute approximate surface area is 154 Å². The van der Waals surface area contributed by atoms with Gasteiger partial charge in [0.2, 0.25) is 5.91 Å². The van der Waals surface area contributed by atoms with Gasteiger partial charge in [-0.2, -0.15) is 0 Å². The van der Waals surface area contributed by atoms with Crippen LogP contribution in [0.5, 0.6) is 0 Å². The Morgan fingerprint density at radius 1 is 0.960 bits per heavy atom. The number of rotatable bonds is 4. The van der Waals surface area contributed by atoms with Crippen molar-refractivity contribution in [3.8, 4) is 0 Å². The van der Waals surface area contributed by atoms with Crippen LogP contribution < -0.4 is 0 Å². The predicted molar refractivity (Wildman–Crippen MR) is 105 cm³/mol. The molecule has 1 aromatic carbocycles. The van der Waals surface area contributed by atoms with E-state index < -0.39 is 0 Å². The zero-order valence-electron chi connectivity index (χ0n) is 16.9. The highest BCUT2D eigenvalue weighted by molar-refractivity contribution is 5.76. The van der Waals surface area contributed by atoms with Gasteiger partial charge < -0.3 is 4.90 Å². The third-order valence-corrected chi connectivity index (χ3v) is 6.62. The highest BCUT2D eigenvalue weighted by Crippen LogP contribution is 2.46. The minimum absolute atomic E-state index is 0.241. The number of fused-ring (bicyclic) bond motifs is 1. The van der Waals surface area contributed by atoms with E-state index in [1.54, 1.807) is 0 Å². The van der Waals surface area contributed by atoms with Crippen LogP contribution in [0.2, 0.25) is 0 Å². The molecule has 1 aromatic rings. The van der Waals surface area contributed by atoms with Gasteiger partial charge in [-0.05, 0) is 71.6 Å². The minimum atomic E-state index is 0.241. The van der Waals surface area contributed by atoms with Crippen LogP contribution in [0, 0.1) is 0 Å². The third-order valence-electron chi connectivity index (χ3n) is 6.62. The summed E-state index contributed by atoms with van der Waals surface area (Å²) in [5, 5.41) is 0. The zero-order valence-corrected chi connectivity index (χ0v) is 16.9. The first-order chi connectivity index (χ1) is 11.7. The van der Waals surface area contributed by atoms with Gasteiger partial charge in [-0.15, -0.1) is 0 Å². The van der Waals surface area contributed by atoms with Crippen molar-refractivity contribution in [1.29, 1.82) is 0 Å². The zero-order chi connectivity index (χ0) is 18.2. The first-order valence-corrected chi connectivity index (χ1v) is 10.2. The molecule has 0 unspecified atom stereocenters. The lowest BCUT2D eigenvalue weighted by atomic mass is 9.62. The van der Waals surface area contributed by atoms with Gasteiger partial charge in [-0.3, -0.25) is 4.79 Å². The van der Waals surface area contributed by atoms with Crippen LogP contribution in [0.1, 0.15) is 89.0 Å². The van der Waals surface area contributed by atoms with E-state index in [-0.39, 0.29) is 10.8 Å². The molecule has 25 heavy (non-hydrogen) atoms. The van der Waals surface area contributed by atoms with Crippen LogP contribution in [0.4, 0.5) is 0 Å². The smallest absolute Gasteiger partial charge is 0.222 e. The normalized spacial score (nSPS) is 21.2. The Hall–Kier alpha value is -1.31. The number of aryl methyl sites for hydroxylation is 2. The molecule has 1 aliphatic carbocycles. The molecule has 0 N–H and O–H groups in total. The number of carbonyl (C=O) groups is 1. The van der Waals surface area contributed by atoms with Crippen LogP contribution in [0.25, 0.3) is 0 Å². The van der Waals surface area contributed by atoms with Crippen molar-refractivity contribution >= 4 is 5.91 Å². The molecule has 1 fully saturated rings. The van der Waals surface area contributed by atoms with E-state index in [1.807, 2.05) is 0 Å². The summed E-state index contributed by atoms with van der Waals surface area (Å²) in [5.74, 6) is 0.344. The van der Waals surface area contributed by atoms with Crippen LogP contribution in [0.3, 0.4) is 0 Å². The second kappa shape index (κ2) is 6.78. The average Bonchev–Trinajstić information content (AvgIpc) is 3.11. The van der Waals surface area contributed by atoms with Gasteiger partial charge in [0.25, 0.3) is 0 Å². The van der Waals surface area contributed by atoms with Gasteiger partial charge in [0.1, 0.15) is 0 Å². The van der Waals surface area contributed by atoms with Gasteiger partial charge in [0.15, 0.2) is 0 Å². The molecule has 0 aromatic heterocycles. The molecular weight excluding hydrogens is 306 g/mol. The molecule has 0 bridgehead atoms. The van der Waals surface area contributed by atoms with Crippen LogP contribution >= 0.6 is 0 Å². The molecule has 0 atom stereocenters. The third kappa shape index (κ3) is 3.64. The van der Waals surface area contributed by atoms with E-state index >= 15 is 0 Å². The Morgan fingerprint density at radius 2 is 1.48 bits per heavy atom. The standard InChI is InChI=1S/C23H35NO/c1-6-17-15-19-20(23(4,5)12-11-22(19,2)3)16-18(17)9-10-21(25)24-13-7-8-14-24/h15-16H,6-14H2,1-5H3. The number of nitrogens with zero attached hydrogens (tertiary/aromatic N) is 1. The van der Waals surface area contributed by atoms with E-state index in [4.69, 9.17) is 0 Å². The number of benzene rings is 1. The summed E-state index contributed by atoms with van der Waals surface area (Å²) in [7, 11) is 0. The van der Waals surface area contributed by atoms with Crippen molar-refractivity contribution in [2.45, 2.75) is 90.4 Å². The topological polar surface area (TPSA) is 20.3 Å². The summed E-state index contributed by atoms with van der Waals surface area (Å²) < 4.78 is 0. The van der Waals surface area contributed by atoms with Gasteiger partial charge in [-0.25, -0.2) is 0 Å². The molecule has 1 amide bonds.